The fourth-order valence-corrected chi connectivity index (χ4v) is 1.79. The Morgan fingerprint density at radius 3 is 2.55 bits per heavy atom. The minimum atomic E-state index is -1.27. The van der Waals surface area contributed by atoms with Crippen LogP contribution in [0.2, 0.25) is 0 Å². The van der Waals surface area contributed by atoms with Crippen LogP contribution in [0.4, 0.5) is 0 Å². The van der Waals surface area contributed by atoms with Crippen molar-refractivity contribution in [1.29, 1.82) is 0 Å². The van der Waals surface area contributed by atoms with E-state index in [1.54, 1.807) is 26.8 Å². The molecule has 5 heteroatoms. The molecule has 5 nitrogen and oxygen atoms in total. The lowest BCUT2D eigenvalue weighted by Crippen LogP contribution is -2.26. The van der Waals surface area contributed by atoms with E-state index in [2.05, 4.69) is 11.7 Å². The predicted octanol–water partition coefficient (Wildman–Crippen LogP) is 3.27. The molecule has 116 valence electrons. The first-order chi connectivity index (χ1) is 10.3. The molecule has 0 saturated carbocycles. The van der Waals surface area contributed by atoms with Gasteiger partial charge < -0.3 is 14.4 Å². The highest BCUT2D eigenvalue weighted by atomic mass is 16.6. The van der Waals surface area contributed by atoms with E-state index in [0.717, 1.165) is 5.56 Å². The number of nitrogens with zero attached hydrogens (tertiary/aromatic N) is 1. The van der Waals surface area contributed by atoms with Gasteiger partial charge in [0.25, 0.3) is 0 Å². The standard InChI is InChI=1S/C17H19NO4/c1-11(16(20)21-17(2,3)4)15(19)13-10-14(22-18-13)12-8-6-5-7-9-12/h5-10,15,19H,1H2,2-4H3. The molecule has 1 unspecified atom stereocenters. The molecule has 22 heavy (non-hydrogen) atoms. The largest absolute Gasteiger partial charge is 0.457 e. The van der Waals surface area contributed by atoms with Gasteiger partial charge in [0.05, 0.1) is 5.57 Å². The zero-order valence-corrected chi connectivity index (χ0v) is 12.9. The number of aromatic nitrogens is 1. The van der Waals surface area contributed by atoms with Gasteiger partial charge in [0, 0.05) is 11.6 Å². The monoisotopic (exact) mass is 301 g/mol. The van der Waals surface area contributed by atoms with Gasteiger partial charge in [-0.2, -0.15) is 0 Å². The van der Waals surface area contributed by atoms with E-state index in [9.17, 15) is 9.90 Å². The zero-order chi connectivity index (χ0) is 16.3. The third-order valence-corrected chi connectivity index (χ3v) is 2.86. The molecule has 0 spiro atoms. The van der Waals surface area contributed by atoms with Crippen molar-refractivity contribution in [3.63, 3.8) is 0 Å². The van der Waals surface area contributed by atoms with Crippen LogP contribution in [0.1, 0.15) is 32.6 Å². The van der Waals surface area contributed by atoms with E-state index >= 15 is 0 Å². The van der Waals surface area contributed by atoms with Gasteiger partial charge in [-0.05, 0) is 20.8 Å². The summed E-state index contributed by atoms with van der Waals surface area (Å²) in [7, 11) is 0. The molecule has 1 N–H and O–H groups in total. The number of ether oxygens (including phenoxy) is 1. The molecule has 0 saturated heterocycles. The van der Waals surface area contributed by atoms with Crippen molar-refractivity contribution in [2.45, 2.75) is 32.5 Å². The van der Waals surface area contributed by atoms with Crippen LogP contribution >= 0.6 is 0 Å². The average Bonchev–Trinajstić information content (AvgIpc) is 2.94. The molecule has 0 aliphatic carbocycles. The zero-order valence-electron chi connectivity index (χ0n) is 12.9. The summed E-state index contributed by atoms with van der Waals surface area (Å²) in [5, 5.41) is 14.0. The van der Waals surface area contributed by atoms with Gasteiger partial charge in [-0.25, -0.2) is 4.79 Å². The topological polar surface area (TPSA) is 72.6 Å². The molecule has 0 fully saturated rings. The normalized spacial score (nSPS) is 12.7. The summed E-state index contributed by atoms with van der Waals surface area (Å²) in [6, 6.07) is 10.9. The van der Waals surface area contributed by atoms with E-state index in [0.29, 0.717) is 5.76 Å². The second-order valence-corrected chi connectivity index (χ2v) is 5.91. The van der Waals surface area contributed by atoms with Crippen molar-refractivity contribution < 1.29 is 19.2 Å². The maximum Gasteiger partial charge on any atom is 0.336 e. The third kappa shape index (κ3) is 3.83. The van der Waals surface area contributed by atoms with Gasteiger partial charge in [-0.1, -0.05) is 42.1 Å². The number of hydrogen-bond acceptors (Lipinski definition) is 5. The van der Waals surface area contributed by atoms with E-state index < -0.39 is 17.7 Å². The van der Waals surface area contributed by atoms with Crippen molar-refractivity contribution in [3.05, 3.63) is 54.2 Å². The highest BCUT2D eigenvalue weighted by molar-refractivity contribution is 5.89. The first-order valence-electron chi connectivity index (χ1n) is 6.90. The Hall–Kier alpha value is -2.40. The Morgan fingerprint density at radius 2 is 1.95 bits per heavy atom. The van der Waals surface area contributed by atoms with Crippen LogP contribution in [-0.4, -0.2) is 21.8 Å². The summed E-state index contributed by atoms with van der Waals surface area (Å²) < 4.78 is 10.4. The molecule has 0 bridgehead atoms. The minimum absolute atomic E-state index is 0.0807. The van der Waals surface area contributed by atoms with Gasteiger partial charge in [0.2, 0.25) is 0 Å². The Balaban J connectivity index is 2.14. The summed E-state index contributed by atoms with van der Waals surface area (Å²) >= 11 is 0. The number of rotatable bonds is 4. The van der Waals surface area contributed by atoms with Crippen LogP contribution in [-0.2, 0) is 9.53 Å². The van der Waals surface area contributed by atoms with Gasteiger partial charge in [0.15, 0.2) is 5.76 Å². The number of esters is 1. The summed E-state index contributed by atoms with van der Waals surface area (Å²) in [6.45, 7) is 8.82. The average molecular weight is 301 g/mol. The number of carbonyl (C=O) groups excluding carboxylic acids is 1. The second-order valence-electron chi connectivity index (χ2n) is 5.91. The Morgan fingerprint density at radius 1 is 1.32 bits per heavy atom. The highest BCUT2D eigenvalue weighted by Crippen LogP contribution is 2.27. The number of aliphatic hydroxyl groups excluding tert-OH is 1. The fourth-order valence-electron chi connectivity index (χ4n) is 1.79. The molecule has 1 atom stereocenters. The molecule has 1 aromatic heterocycles. The van der Waals surface area contributed by atoms with Crippen LogP contribution in [0.3, 0.4) is 0 Å². The van der Waals surface area contributed by atoms with Crippen molar-refractivity contribution in [3.8, 4) is 11.3 Å². The number of aliphatic hydroxyl groups is 1. The molecule has 1 aromatic carbocycles. The first kappa shape index (κ1) is 16.0. The molecule has 0 aliphatic rings. The Labute approximate surface area is 129 Å². The van der Waals surface area contributed by atoms with Crippen LogP contribution in [0.5, 0.6) is 0 Å². The molecule has 0 aliphatic heterocycles. The lowest BCUT2D eigenvalue weighted by atomic mass is 10.1. The number of carbonyl (C=O) groups is 1. The molecule has 0 radical (unpaired) electrons. The van der Waals surface area contributed by atoms with Gasteiger partial charge in [0.1, 0.15) is 17.4 Å². The number of hydrogen-bond donors (Lipinski definition) is 1. The van der Waals surface area contributed by atoms with Crippen LogP contribution in [0.15, 0.2) is 53.1 Å². The smallest absolute Gasteiger partial charge is 0.336 e. The van der Waals surface area contributed by atoms with Crippen molar-refractivity contribution in [2.75, 3.05) is 0 Å². The van der Waals surface area contributed by atoms with Gasteiger partial charge in [-0.3, -0.25) is 0 Å². The molecule has 2 aromatic rings. The lowest BCUT2D eigenvalue weighted by molar-refractivity contribution is -0.151. The molecule has 1 heterocycles. The molecule has 0 amide bonds. The maximum absolute atomic E-state index is 11.9. The quantitative estimate of drug-likeness (QED) is 0.693. The SMILES string of the molecule is C=C(C(=O)OC(C)(C)C)C(O)c1cc(-c2ccccc2)on1. The van der Waals surface area contributed by atoms with Crippen LogP contribution in [0.25, 0.3) is 11.3 Å². The Kier molecular flexibility index (Phi) is 4.47. The summed E-state index contributed by atoms with van der Waals surface area (Å²) in [6.07, 6.45) is -1.27. The predicted molar refractivity (Wildman–Crippen MR) is 81.9 cm³/mol. The summed E-state index contributed by atoms with van der Waals surface area (Å²) in [5.74, 6) is -0.157. The minimum Gasteiger partial charge on any atom is -0.457 e. The van der Waals surface area contributed by atoms with Crippen molar-refractivity contribution >= 4 is 5.97 Å². The van der Waals surface area contributed by atoms with E-state index in [1.165, 1.54) is 0 Å². The molecular formula is C17H19NO4. The van der Waals surface area contributed by atoms with E-state index in [-0.39, 0.29) is 11.3 Å². The first-order valence-corrected chi connectivity index (χ1v) is 6.90. The second kappa shape index (κ2) is 6.15. The summed E-state index contributed by atoms with van der Waals surface area (Å²) in [4.78, 5) is 11.9. The molecular weight excluding hydrogens is 282 g/mol. The fraction of sp³-hybridized carbons (Fsp3) is 0.294. The van der Waals surface area contributed by atoms with Crippen molar-refractivity contribution in [1.82, 2.24) is 5.16 Å². The van der Waals surface area contributed by atoms with Crippen LogP contribution < -0.4 is 0 Å². The Bertz CT molecular complexity index is 667. The lowest BCUT2D eigenvalue weighted by Gasteiger charge is -2.21. The van der Waals surface area contributed by atoms with Gasteiger partial charge in [-0.15, -0.1) is 0 Å². The maximum atomic E-state index is 11.9. The van der Waals surface area contributed by atoms with E-state index in [1.807, 2.05) is 30.3 Å². The van der Waals surface area contributed by atoms with Crippen molar-refractivity contribution in [2.24, 2.45) is 0 Å². The highest BCUT2D eigenvalue weighted by Gasteiger charge is 2.26. The van der Waals surface area contributed by atoms with Crippen LogP contribution in [0, 0.1) is 0 Å². The van der Waals surface area contributed by atoms with Gasteiger partial charge >= 0.3 is 5.97 Å². The molecule has 2 rings (SSSR count). The van der Waals surface area contributed by atoms with E-state index in [4.69, 9.17) is 9.26 Å². The number of benzene rings is 1. The third-order valence-electron chi connectivity index (χ3n) is 2.86. The summed E-state index contributed by atoms with van der Waals surface area (Å²) in [5.41, 5.74) is 0.313.